The molecule has 1 aliphatic rings. The lowest BCUT2D eigenvalue weighted by atomic mass is 9.91. The van der Waals surface area contributed by atoms with Gasteiger partial charge in [-0.3, -0.25) is 4.79 Å². The minimum atomic E-state index is -1.01. The van der Waals surface area contributed by atoms with Crippen LogP contribution in [0.1, 0.15) is 27.4 Å². The molecule has 2 aromatic rings. The van der Waals surface area contributed by atoms with E-state index in [-0.39, 0.29) is 18.8 Å². The molecular formula is C17H14O6. The maximum atomic E-state index is 11.6. The second-order valence-corrected chi connectivity index (χ2v) is 5.21. The van der Waals surface area contributed by atoms with E-state index in [9.17, 15) is 14.7 Å². The summed E-state index contributed by atoms with van der Waals surface area (Å²) in [5, 5.41) is 18.4. The van der Waals surface area contributed by atoms with Crippen molar-refractivity contribution in [3.8, 4) is 11.5 Å². The number of fused-ring (bicyclic) bond motifs is 1. The van der Waals surface area contributed by atoms with Gasteiger partial charge in [-0.25, -0.2) is 4.79 Å². The van der Waals surface area contributed by atoms with Gasteiger partial charge in [0.2, 0.25) is 6.79 Å². The number of aromatic carboxylic acids is 1. The average Bonchev–Trinajstić information content (AvgIpc) is 3.00. The quantitative estimate of drug-likeness (QED) is 0.881. The summed E-state index contributed by atoms with van der Waals surface area (Å²) in [5.41, 5.74) is 1.54. The molecule has 3 rings (SSSR count). The predicted molar refractivity (Wildman–Crippen MR) is 80.0 cm³/mol. The lowest BCUT2D eigenvalue weighted by Gasteiger charge is -2.13. The molecule has 0 fully saturated rings. The van der Waals surface area contributed by atoms with E-state index >= 15 is 0 Å². The van der Waals surface area contributed by atoms with Gasteiger partial charge in [0, 0.05) is 0 Å². The number of carboxylic acids is 2. The Kier molecular flexibility index (Phi) is 3.89. The van der Waals surface area contributed by atoms with Crippen molar-refractivity contribution in [2.24, 2.45) is 0 Å². The van der Waals surface area contributed by atoms with Crippen LogP contribution in [0.5, 0.6) is 11.5 Å². The Morgan fingerprint density at radius 1 is 1.00 bits per heavy atom. The van der Waals surface area contributed by atoms with Crippen LogP contribution < -0.4 is 9.47 Å². The first-order chi connectivity index (χ1) is 11.0. The van der Waals surface area contributed by atoms with E-state index in [1.807, 2.05) is 0 Å². The van der Waals surface area contributed by atoms with E-state index in [1.165, 1.54) is 12.1 Å². The number of rotatable bonds is 5. The maximum Gasteiger partial charge on any atom is 0.335 e. The molecule has 23 heavy (non-hydrogen) atoms. The second kappa shape index (κ2) is 6.00. The van der Waals surface area contributed by atoms with Gasteiger partial charge in [-0.15, -0.1) is 0 Å². The van der Waals surface area contributed by atoms with E-state index in [2.05, 4.69) is 0 Å². The van der Waals surface area contributed by atoms with Gasteiger partial charge in [-0.2, -0.15) is 0 Å². The van der Waals surface area contributed by atoms with Crippen LogP contribution in [0.25, 0.3) is 0 Å². The normalized spacial score (nSPS) is 13.6. The van der Waals surface area contributed by atoms with Crippen molar-refractivity contribution >= 4 is 11.9 Å². The highest BCUT2D eigenvalue weighted by molar-refractivity contribution is 5.87. The summed E-state index contributed by atoms with van der Waals surface area (Å²) in [6, 6.07) is 11.3. The van der Waals surface area contributed by atoms with Crippen LogP contribution in [-0.4, -0.2) is 28.9 Å². The first kappa shape index (κ1) is 14.9. The molecule has 1 aliphatic heterocycles. The van der Waals surface area contributed by atoms with Crippen molar-refractivity contribution in [1.82, 2.24) is 0 Å². The third-order valence-electron chi connectivity index (χ3n) is 3.74. The minimum Gasteiger partial charge on any atom is -0.481 e. The van der Waals surface area contributed by atoms with E-state index < -0.39 is 17.9 Å². The van der Waals surface area contributed by atoms with E-state index in [4.69, 9.17) is 14.6 Å². The van der Waals surface area contributed by atoms with Crippen LogP contribution in [0.15, 0.2) is 42.5 Å². The van der Waals surface area contributed by atoms with Crippen LogP contribution in [0.3, 0.4) is 0 Å². The number of aliphatic carboxylic acids is 1. The lowest BCUT2D eigenvalue weighted by molar-refractivity contribution is -0.138. The first-order valence-corrected chi connectivity index (χ1v) is 6.99. The Morgan fingerprint density at radius 2 is 1.70 bits per heavy atom. The summed E-state index contributed by atoms with van der Waals surface area (Å²) in [4.78, 5) is 22.5. The van der Waals surface area contributed by atoms with Crippen molar-refractivity contribution < 1.29 is 29.3 Å². The Balaban J connectivity index is 1.84. The van der Waals surface area contributed by atoms with Crippen LogP contribution >= 0.6 is 0 Å². The zero-order chi connectivity index (χ0) is 16.4. The summed E-state index contributed by atoms with van der Waals surface area (Å²) in [5.74, 6) is -1.58. The molecule has 0 radical (unpaired) electrons. The molecule has 0 saturated heterocycles. The fourth-order valence-electron chi connectivity index (χ4n) is 2.50. The van der Waals surface area contributed by atoms with Gasteiger partial charge in [0.25, 0.3) is 0 Å². The molecule has 2 aromatic carbocycles. The number of benzene rings is 2. The zero-order valence-corrected chi connectivity index (χ0v) is 12.1. The van der Waals surface area contributed by atoms with Crippen LogP contribution in [0.2, 0.25) is 0 Å². The minimum absolute atomic E-state index is 0.132. The number of hydrogen-bond acceptors (Lipinski definition) is 4. The monoisotopic (exact) mass is 314 g/mol. The van der Waals surface area contributed by atoms with Crippen LogP contribution in [-0.2, 0) is 11.2 Å². The molecule has 0 saturated carbocycles. The van der Waals surface area contributed by atoms with E-state index in [0.29, 0.717) is 17.1 Å². The van der Waals surface area contributed by atoms with Crippen LogP contribution in [0.4, 0.5) is 0 Å². The van der Waals surface area contributed by atoms with Gasteiger partial charge in [0.1, 0.15) is 0 Å². The Labute approximate surface area is 131 Å². The number of hydrogen-bond donors (Lipinski definition) is 2. The summed E-state index contributed by atoms with van der Waals surface area (Å²) in [6.07, 6.45) is 0.259. The fourth-order valence-corrected chi connectivity index (χ4v) is 2.50. The molecule has 0 aromatic heterocycles. The molecule has 0 bridgehead atoms. The number of carboxylic acid groups (broad SMARTS) is 2. The van der Waals surface area contributed by atoms with Crippen LogP contribution in [0, 0.1) is 0 Å². The summed E-state index contributed by atoms with van der Waals surface area (Å²) in [7, 11) is 0. The van der Waals surface area contributed by atoms with Crippen molar-refractivity contribution in [2.75, 3.05) is 6.79 Å². The Morgan fingerprint density at radius 3 is 2.35 bits per heavy atom. The SMILES string of the molecule is O=C(O)c1ccc(CC(C(=O)O)c2ccc3c(c2)OCO3)cc1. The van der Waals surface area contributed by atoms with Gasteiger partial charge in [-0.05, 0) is 41.8 Å². The molecular weight excluding hydrogens is 300 g/mol. The molecule has 6 heteroatoms. The van der Waals surface area contributed by atoms with E-state index in [1.54, 1.807) is 30.3 Å². The van der Waals surface area contributed by atoms with Crippen molar-refractivity contribution in [1.29, 1.82) is 0 Å². The van der Waals surface area contributed by atoms with Gasteiger partial charge in [0.05, 0.1) is 11.5 Å². The van der Waals surface area contributed by atoms with Gasteiger partial charge in [0.15, 0.2) is 11.5 Å². The summed E-state index contributed by atoms with van der Waals surface area (Å²) < 4.78 is 10.5. The highest BCUT2D eigenvalue weighted by Gasteiger charge is 2.23. The number of carbonyl (C=O) groups is 2. The summed E-state index contributed by atoms with van der Waals surface area (Å²) in [6.45, 7) is 0.132. The lowest BCUT2D eigenvalue weighted by Crippen LogP contribution is -2.14. The molecule has 118 valence electrons. The molecule has 0 amide bonds. The average molecular weight is 314 g/mol. The molecule has 6 nitrogen and oxygen atoms in total. The van der Waals surface area contributed by atoms with Gasteiger partial charge < -0.3 is 19.7 Å². The summed E-state index contributed by atoms with van der Waals surface area (Å²) >= 11 is 0. The van der Waals surface area contributed by atoms with Gasteiger partial charge >= 0.3 is 11.9 Å². The first-order valence-electron chi connectivity index (χ1n) is 6.99. The van der Waals surface area contributed by atoms with Crippen molar-refractivity contribution in [3.05, 3.63) is 59.2 Å². The van der Waals surface area contributed by atoms with Crippen molar-refractivity contribution in [2.45, 2.75) is 12.3 Å². The Hall–Kier alpha value is -3.02. The molecule has 1 atom stereocenters. The smallest absolute Gasteiger partial charge is 0.335 e. The molecule has 0 spiro atoms. The fraction of sp³-hybridized carbons (Fsp3) is 0.176. The molecule has 2 N–H and O–H groups in total. The standard InChI is InChI=1S/C17H14O6/c18-16(19)11-3-1-10(2-4-11)7-13(17(20)21)12-5-6-14-15(8-12)23-9-22-14/h1-6,8,13H,7,9H2,(H,18,19)(H,20,21). The molecule has 1 heterocycles. The Bertz CT molecular complexity index is 750. The maximum absolute atomic E-state index is 11.6. The highest BCUT2D eigenvalue weighted by atomic mass is 16.7. The molecule has 0 aliphatic carbocycles. The third-order valence-corrected chi connectivity index (χ3v) is 3.74. The van der Waals surface area contributed by atoms with E-state index in [0.717, 1.165) is 5.56 Å². The topological polar surface area (TPSA) is 93.1 Å². The van der Waals surface area contributed by atoms with Crippen molar-refractivity contribution in [3.63, 3.8) is 0 Å². The molecule has 1 unspecified atom stereocenters. The second-order valence-electron chi connectivity index (χ2n) is 5.21. The largest absolute Gasteiger partial charge is 0.481 e. The third kappa shape index (κ3) is 3.11. The zero-order valence-electron chi connectivity index (χ0n) is 12.1. The highest BCUT2D eigenvalue weighted by Crippen LogP contribution is 2.35. The predicted octanol–water partition coefficient (Wildman–Crippen LogP) is 2.52. The number of ether oxygens (including phenoxy) is 2. The van der Waals surface area contributed by atoms with Gasteiger partial charge in [-0.1, -0.05) is 18.2 Å².